The van der Waals surface area contributed by atoms with Gasteiger partial charge in [-0.2, -0.15) is 0 Å². The van der Waals surface area contributed by atoms with Crippen molar-refractivity contribution in [2.45, 2.75) is 13.8 Å². The third-order valence-corrected chi connectivity index (χ3v) is 4.50. The molecule has 0 saturated heterocycles. The summed E-state index contributed by atoms with van der Waals surface area (Å²) in [7, 11) is 3.03. The molecule has 0 aliphatic heterocycles. The SMILES string of the molecule is COc1ccc(OC(=O)c2cc(C)cc(OC)c2I)cc1C(C)=O. The van der Waals surface area contributed by atoms with Crippen molar-refractivity contribution in [2.24, 2.45) is 0 Å². The Morgan fingerprint density at radius 1 is 0.958 bits per heavy atom. The predicted octanol–water partition coefficient (Wildman–Crippen LogP) is 4.04. The Hall–Kier alpha value is -2.09. The molecule has 0 radical (unpaired) electrons. The molecular formula is C18H17IO5. The zero-order chi connectivity index (χ0) is 17.9. The zero-order valence-corrected chi connectivity index (χ0v) is 16.0. The second-order valence-corrected chi connectivity index (χ2v) is 6.22. The van der Waals surface area contributed by atoms with Crippen LogP contribution < -0.4 is 14.2 Å². The van der Waals surface area contributed by atoms with Crippen LogP contribution in [0.1, 0.15) is 33.2 Å². The summed E-state index contributed by atoms with van der Waals surface area (Å²) in [6, 6.07) is 8.27. The zero-order valence-electron chi connectivity index (χ0n) is 13.8. The van der Waals surface area contributed by atoms with Gasteiger partial charge in [0.15, 0.2) is 5.78 Å². The van der Waals surface area contributed by atoms with Gasteiger partial charge in [0, 0.05) is 0 Å². The second kappa shape index (κ2) is 7.65. The van der Waals surface area contributed by atoms with Crippen molar-refractivity contribution in [3.8, 4) is 17.2 Å². The lowest BCUT2D eigenvalue weighted by Crippen LogP contribution is -2.12. The summed E-state index contributed by atoms with van der Waals surface area (Å²) in [6.07, 6.45) is 0. The molecule has 0 unspecified atom stereocenters. The molecule has 0 atom stereocenters. The van der Waals surface area contributed by atoms with E-state index < -0.39 is 5.97 Å². The monoisotopic (exact) mass is 440 g/mol. The van der Waals surface area contributed by atoms with Crippen molar-refractivity contribution >= 4 is 34.3 Å². The molecule has 6 heteroatoms. The summed E-state index contributed by atoms with van der Waals surface area (Å²) in [6.45, 7) is 3.30. The average molecular weight is 440 g/mol. The Morgan fingerprint density at radius 3 is 2.21 bits per heavy atom. The molecule has 0 fully saturated rings. The van der Waals surface area contributed by atoms with E-state index in [1.165, 1.54) is 20.1 Å². The molecule has 0 saturated carbocycles. The van der Waals surface area contributed by atoms with Crippen LogP contribution in [0.25, 0.3) is 0 Å². The highest BCUT2D eigenvalue weighted by atomic mass is 127. The Kier molecular flexibility index (Phi) is 5.82. The molecular weight excluding hydrogens is 423 g/mol. The van der Waals surface area contributed by atoms with E-state index in [0.717, 1.165) is 5.56 Å². The predicted molar refractivity (Wildman–Crippen MR) is 98.4 cm³/mol. The number of carbonyl (C=O) groups excluding carboxylic acids is 2. The number of ketones is 1. The van der Waals surface area contributed by atoms with Crippen LogP contribution in [0.3, 0.4) is 0 Å². The second-order valence-electron chi connectivity index (χ2n) is 5.14. The number of Topliss-reactive ketones (excluding diaryl/α,β-unsaturated/α-hetero) is 1. The van der Waals surface area contributed by atoms with Gasteiger partial charge in [0.25, 0.3) is 0 Å². The van der Waals surface area contributed by atoms with Crippen LogP contribution in [0.4, 0.5) is 0 Å². The summed E-state index contributed by atoms with van der Waals surface area (Å²) in [5.41, 5.74) is 1.66. The molecule has 5 nitrogen and oxygen atoms in total. The van der Waals surface area contributed by atoms with Crippen LogP contribution in [0.15, 0.2) is 30.3 Å². The molecule has 0 aliphatic carbocycles. The Morgan fingerprint density at radius 2 is 1.62 bits per heavy atom. The van der Waals surface area contributed by atoms with E-state index in [9.17, 15) is 9.59 Å². The molecule has 0 aromatic heterocycles. The first kappa shape index (κ1) is 18.3. The minimum atomic E-state index is -0.513. The molecule has 2 aromatic rings. The van der Waals surface area contributed by atoms with E-state index in [0.29, 0.717) is 26.2 Å². The van der Waals surface area contributed by atoms with Gasteiger partial charge in [-0.25, -0.2) is 4.79 Å². The van der Waals surface area contributed by atoms with Crippen LogP contribution in [-0.4, -0.2) is 26.0 Å². The van der Waals surface area contributed by atoms with E-state index in [2.05, 4.69) is 0 Å². The maximum atomic E-state index is 12.5. The van der Waals surface area contributed by atoms with Gasteiger partial charge >= 0.3 is 5.97 Å². The third-order valence-electron chi connectivity index (χ3n) is 3.38. The minimum absolute atomic E-state index is 0.170. The number of rotatable bonds is 5. The van der Waals surface area contributed by atoms with Gasteiger partial charge in [-0.15, -0.1) is 0 Å². The lowest BCUT2D eigenvalue weighted by Gasteiger charge is -2.12. The van der Waals surface area contributed by atoms with Crippen molar-refractivity contribution < 1.29 is 23.8 Å². The van der Waals surface area contributed by atoms with E-state index in [1.54, 1.807) is 25.3 Å². The molecule has 126 valence electrons. The number of esters is 1. The average Bonchev–Trinajstić information content (AvgIpc) is 2.56. The maximum Gasteiger partial charge on any atom is 0.344 e. The number of benzene rings is 2. The highest BCUT2D eigenvalue weighted by Crippen LogP contribution is 2.29. The molecule has 2 rings (SSSR count). The number of carbonyl (C=O) groups is 2. The molecule has 0 spiro atoms. The molecule has 0 amide bonds. The summed E-state index contributed by atoms with van der Waals surface area (Å²) < 4.78 is 16.5. The van der Waals surface area contributed by atoms with Crippen LogP contribution in [0.5, 0.6) is 17.2 Å². The van der Waals surface area contributed by atoms with Gasteiger partial charge in [0.2, 0.25) is 0 Å². The Bertz CT molecular complexity index is 798. The standard InChI is InChI=1S/C18H17IO5/c1-10-7-14(17(19)16(8-10)23-4)18(21)24-12-5-6-15(22-3)13(9-12)11(2)20/h5-9H,1-4H3. The van der Waals surface area contributed by atoms with Crippen LogP contribution in [0.2, 0.25) is 0 Å². The van der Waals surface area contributed by atoms with Crippen molar-refractivity contribution in [2.75, 3.05) is 14.2 Å². The van der Waals surface area contributed by atoms with Gasteiger partial charge in [-0.1, -0.05) is 0 Å². The number of aryl methyl sites for hydroxylation is 1. The Labute approximate surface area is 154 Å². The molecule has 0 N–H and O–H groups in total. The molecule has 2 aromatic carbocycles. The number of hydrogen-bond donors (Lipinski definition) is 0. The van der Waals surface area contributed by atoms with Gasteiger partial charge in [-0.3, -0.25) is 4.79 Å². The van der Waals surface area contributed by atoms with Gasteiger partial charge in [-0.05, 0) is 72.3 Å². The van der Waals surface area contributed by atoms with Crippen molar-refractivity contribution in [1.29, 1.82) is 0 Å². The van der Waals surface area contributed by atoms with E-state index in [4.69, 9.17) is 14.2 Å². The first-order valence-corrected chi connectivity index (χ1v) is 8.20. The molecule has 24 heavy (non-hydrogen) atoms. The first-order chi connectivity index (χ1) is 11.4. The highest BCUT2D eigenvalue weighted by molar-refractivity contribution is 14.1. The lowest BCUT2D eigenvalue weighted by molar-refractivity contribution is 0.0731. The number of ether oxygens (including phenoxy) is 3. The number of methoxy groups -OCH3 is 2. The van der Waals surface area contributed by atoms with Crippen LogP contribution >= 0.6 is 22.6 Å². The van der Waals surface area contributed by atoms with Crippen LogP contribution in [-0.2, 0) is 0 Å². The first-order valence-electron chi connectivity index (χ1n) is 7.12. The van der Waals surface area contributed by atoms with E-state index >= 15 is 0 Å². The van der Waals surface area contributed by atoms with E-state index in [1.807, 2.05) is 35.6 Å². The normalized spacial score (nSPS) is 10.2. The van der Waals surface area contributed by atoms with Gasteiger partial charge < -0.3 is 14.2 Å². The Balaban J connectivity index is 2.35. The van der Waals surface area contributed by atoms with E-state index in [-0.39, 0.29) is 11.5 Å². The summed E-state index contributed by atoms with van der Waals surface area (Å²) in [5.74, 6) is 0.649. The molecule has 0 aliphatic rings. The number of hydrogen-bond acceptors (Lipinski definition) is 5. The smallest absolute Gasteiger partial charge is 0.344 e. The van der Waals surface area contributed by atoms with Crippen molar-refractivity contribution in [3.63, 3.8) is 0 Å². The summed E-state index contributed by atoms with van der Waals surface area (Å²) >= 11 is 2.04. The fraction of sp³-hybridized carbons (Fsp3) is 0.222. The minimum Gasteiger partial charge on any atom is -0.496 e. The highest BCUT2D eigenvalue weighted by Gasteiger charge is 2.18. The largest absolute Gasteiger partial charge is 0.496 e. The van der Waals surface area contributed by atoms with Crippen LogP contribution in [0, 0.1) is 10.5 Å². The maximum absolute atomic E-state index is 12.5. The molecule has 0 bridgehead atoms. The fourth-order valence-electron chi connectivity index (χ4n) is 2.22. The third kappa shape index (κ3) is 3.87. The van der Waals surface area contributed by atoms with Crippen molar-refractivity contribution in [3.05, 3.63) is 50.6 Å². The quantitative estimate of drug-likeness (QED) is 0.304. The van der Waals surface area contributed by atoms with Gasteiger partial charge in [0.1, 0.15) is 17.2 Å². The lowest BCUT2D eigenvalue weighted by atomic mass is 10.1. The topological polar surface area (TPSA) is 61.8 Å². The summed E-state index contributed by atoms with van der Waals surface area (Å²) in [5, 5.41) is 0. The van der Waals surface area contributed by atoms with Crippen molar-refractivity contribution in [1.82, 2.24) is 0 Å². The van der Waals surface area contributed by atoms with Gasteiger partial charge in [0.05, 0.1) is 28.9 Å². The summed E-state index contributed by atoms with van der Waals surface area (Å²) in [4.78, 5) is 24.2. The molecule has 0 heterocycles. The fourth-order valence-corrected chi connectivity index (χ4v) is 2.97. The number of halogens is 1.